The number of rotatable bonds is 4. The first-order valence-corrected chi connectivity index (χ1v) is 8.12. The van der Waals surface area contributed by atoms with Crippen molar-refractivity contribution in [3.05, 3.63) is 70.5 Å². The van der Waals surface area contributed by atoms with Crippen LogP contribution in [-0.2, 0) is 11.2 Å². The largest absolute Gasteiger partial charge is 0.508 e. The zero-order chi connectivity index (χ0) is 17.8. The smallest absolute Gasteiger partial charge is 0.228 e. The van der Waals surface area contributed by atoms with Gasteiger partial charge in [-0.25, -0.2) is 9.97 Å². The van der Waals surface area contributed by atoms with Crippen molar-refractivity contribution in [3.8, 4) is 17.1 Å². The summed E-state index contributed by atoms with van der Waals surface area (Å²) in [5, 5.41) is 13.2. The van der Waals surface area contributed by atoms with E-state index in [-0.39, 0.29) is 18.1 Å². The van der Waals surface area contributed by atoms with Crippen molar-refractivity contribution in [1.29, 1.82) is 0 Å². The quantitative estimate of drug-likeness (QED) is 0.713. The van der Waals surface area contributed by atoms with Crippen LogP contribution in [0.2, 0.25) is 10.0 Å². The van der Waals surface area contributed by atoms with Gasteiger partial charge in [0.15, 0.2) is 5.82 Å². The maximum atomic E-state index is 12.1. The Morgan fingerprint density at radius 3 is 2.52 bits per heavy atom. The van der Waals surface area contributed by atoms with Crippen LogP contribution in [0.5, 0.6) is 5.75 Å². The molecule has 0 aliphatic heterocycles. The van der Waals surface area contributed by atoms with Gasteiger partial charge in [0.05, 0.1) is 24.5 Å². The van der Waals surface area contributed by atoms with Crippen molar-refractivity contribution in [3.63, 3.8) is 0 Å². The van der Waals surface area contributed by atoms with Crippen LogP contribution in [0.1, 0.15) is 5.56 Å². The average Bonchev–Trinajstić information content (AvgIpc) is 2.58. The summed E-state index contributed by atoms with van der Waals surface area (Å²) in [6, 6.07) is 11.6. The number of halogens is 2. The van der Waals surface area contributed by atoms with Gasteiger partial charge in [0.1, 0.15) is 5.75 Å². The zero-order valence-electron chi connectivity index (χ0n) is 12.9. The topological polar surface area (TPSA) is 75.1 Å². The lowest BCUT2D eigenvalue weighted by molar-refractivity contribution is -0.115. The van der Waals surface area contributed by atoms with Gasteiger partial charge in [-0.05, 0) is 29.8 Å². The molecule has 0 saturated carbocycles. The van der Waals surface area contributed by atoms with Crippen LogP contribution >= 0.6 is 23.2 Å². The van der Waals surface area contributed by atoms with Crippen LogP contribution in [0.4, 0.5) is 5.69 Å². The number of carbonyl (C=O) groups excluding carboxylic acids is 1. The highest BCUT2D eigenvalue weighted by Crippen LogP contribution is 2.22. The second-order valence-corrected chi connectivity index (χ2v) is 6.15. The monoisotopic (exact) mass is 373 g/mol. The molecular weight excluding hydrogens is 361 g/mol. The van der Waals surface area contributed by atoms with Crippen LogP contribution in [0.3, 0.4) is 0 Å². The summed E-state index contributed by atoms with van der Waals surface area (Å²) in [4.78, 5) is 20.5. The van der Waals surface area contributed by atoms with E-state index in [1.165, 1.54) is 12.4 Å². The highest BCUT2D eigenvalue weighted by atomic mass is 35.5. The molecule has 1 aromatic heterocycles. The first-order chi connectivity index (χ1) is 12.0. The fourth-order valence-electron chi connectivity index (χ4n) is 2.23. The lowest BCUT2D eigenvalue weighted by Crippen LogP contribution is -2.15. The van der Waals surface area contributed by atoms with Crippen molar-refractivity contribution in [2.45, 2.75) is 6.42 Å². The number of phenols is 1. The van der Waals surface area contributed by atoms with Gasteiger partial charge < -0.3 is 10.4 Å². The van der Waals surface area contributed by atoms with E-state index < -0.39 is 0 Å². The number of amides is 1. The molecule has 1 amide bonds. The minimum atomic E-state index is -0.238. The SMILES string of the molecule is O=C(Cc1ccc(Cl)cc1Cl)Nc1cnc(-c2cccc(O)c2)nc1. The van der Waals surface area contributed by atoms with Gasteiger partial charge in [-0.3, -0.25) is 4.79 Å². The van der Waals surface area contributed by atoms with Gasteiger partial charge in [-0.1, -0.05) is 41.4 Å². The summed E-state index contributed by atoms with van der Waals surface area (Å²) >= 11 is 11.9. The summed E-state index contributed by atoms with van der Waals surface area (Å²) < 4.78 is 0. The number of anilines is 1. The molecule has 0 atom stereocenters. The first-order valence-electron chi connectivity index (χ1n) is 7.36. The average molecular weight is 374 g/mol. The Balaban J connectivity index is 1.67. The van der Waals surface area contributed by atoms with Crippen LogP contribution in [0.15, 0.2) is 54.9 Å². The van der Waals surface area contributed by atoms with E-state index in [4.69, 9.17) is 23.2 Å². The van der Waals surface area contributed by atoms with Crippen LogP contribution in [-0.4, -0.2) is 21.0 Å². The highest BCUT2D eigenvalue weighted by molar-refractivity contribution is 6.35. The Bertz CT molecular complexity index is 914. The fraction of sp³-hybridized carbons (Fsp3) is 0.0556. The Labute approximate surface area is 154 Å². The molecule has 7 heteroatoms. The van der Waals surface area contributed by atoms with E-state index in [1.54, 1.807) is 42.5 Å². The molecule has 0 unspecified atom stereocenters. The number of aromatic hydroxyl groups is 1. The van der Waals surface area contributed by atoms with E-state index in [2.05, 4.69) is 15.3 Å². The molecule has 25 heavy (non-hydrogen) atoms. The number of carbonyl (C=O) groups is 1. The minimum absolute atomic E-state index is 0.115. The normalized spacial score (nSPS) is 10.5. The Hall–Kier alpha value is -2.63. The molecule has 0 bridgehead atoms. The van der Waals surface area contributed by atoms with Crippen molar-refractivity contribution >= 4 is 34.8 Å². The number of nitrogens with one attached hydrogen (secondary N) is 1. The minimum Gasteiger partial charge on any atom is -0.508 e. The second kappa shape index (κ2) is 7.51. The van der Waals surface area contributed by atoms with Gasteiger partial charge in [0.25, 0.3) is 0 Å². The summed E-state index contributed by atoms with van der Waals surface area (Å²) in [6.45, 7) is 0. The summed E-state index contributed by atoms with van der Waals surface area (Å²) in [7, 11) is 0. The molecule has 0 fully saturated rings. The molecule has 0 saturated heterocycles. The molecule has 5 nitrogen and oxygen atoms in total. The fourth-order valence-corrected chi connectivity index (χ4v) is 2.71. The number of hydrogen-bond acceptors (Lipinski definition) is 4. The number of nitrogens with zero attached hydrogens (tertiary/aromatic N) is 2. The summed E-state index contributed by atoms with van der Waals surface area (Å²) in [6.07, 6.45) is 3.13. The van der Waals surface area contributed by atoms with Gasteiger partial charge in [-0.2, -0.15) is 0 Å². The molecular formula is C18H13Cl2N3O2. The predicted molar refractivity (Wildman–Crippen MR) is 97.9 cm³/mol. The molecule has 126 valence electrons. The van der Waals surface area contributed by atoms with Crippen LogP contribution in [0, 0.1) is 0 Å². The van der Waals surface area contributed by atoms with E-state index in [9.17, 15) is 9.90 Å². The third-order valence-electron chi connectivity index (χ3n) is 3.41. The van der Waals surface area contributed by atoms with Crippen LogP contribution in [0.25, 0.3) is 11.4 Å². The Morgan fingerprint density at radius 2 is 1.84 bits per heavy atom. The number of aromatic nitrogens is 2. The zero-order valence-corrected chi connectivity index (χ0v) is 14.4. The number of benzene rings is 2. The third kappa shape index (κ3) is 4.47. The standard InChI is InChI=1S/C18H13Cl2N3O2/c19-13-5-4-11(16(20)8-13)7-17(25)23-14-9-21-18(22-10-14)12-2-1-3-15(24)6-12/h1-6,8-10,24H,7H2,(H,23,25). The van der Waals surface area contributed by atoms with Gasteiger partial charge >= 0.3 is 0 Å². The van der Waals surface area contributed by atoms with Crippen molar-refractivity contribution in [1.82, 2.24) is 9.97 Å². The van der Waals surface area contributed by atoms with Crippen molar-refractivity contribution in [2.24, 2.45) is 0 Å². The second-order valence-electron chi connectivity index (χ2n) is 5.31. The number of phenolic OH excluding ortho intramolecular Hbond substituents is 1. The molecule has 0 aliphatic rings. The Kier molecular flexibility index (Phi) is 5.16. The highest BCUT2D eigenvalue weighted by Gasteiger charge is 2.09. The molecule has 0 aliphatic carbocycles. The van der Waals surface area contributed by atoms with Gasteiger partial charge in [0, 0.05) is 15.6 Å². The maximum Gasteiger partial charge on any atom is 0.228 e. The molecule has 3 aromatic rings. The van der Waals surface area contributed by atoms with E-state index in [1.807, 2.05) is 0 Å². The summed E-state index contributed by atoms with van der Waals surface area (Å²) in [5.41, 5.74) is 1.84. The molecule has 1 heterocycles. The van der Waals surface area contributed by atoms with Crippen molar-refractivity contribution in [2.75, 3.05) is 5.32 Å². The van der Waals surface area contributed by atoms with Crippen LogP contribution < -0.4 is 5.32 Å². The van der Waals surface area contributed by atoms with E-state index in [0.717, 1.165) is 0 Å². The summed E-state index contributed by atoms with van der Waals surface area (Å²) in [5.74, 6) is 0.353. The predicted octanol–water partition coefficient (Wildman–Crippen LogP) is 4.34. The molecule has 2 N–H and O–H groups in total. The molecule has 2 aromatic carbocycles. The van der Waals surface area contributed by atoms with Gasteiger partial charge in [-0.15, -0.1) is 0 Å². The lowest BCUT2D eigenvalue weighted by atomic mass is 10.1. The van der Waals surface area contributed by atoms with E-state index >= 15 is 0 Å². The third-order valence-corrected chi connectivity index (χ3v) is 3.99. The van der Waals surface area contributed by atoms with Gasteiger partial charge in [0.2, 0.25) is 5.91 Å². The van der Waals surface area contributed by atoms with E-state index in [0.29, 0.717) is 32.7 Å². The number of hydrogen-bond donors (Lipinski definition) is 2. The molecule has 3 rings (SSSR count). The molecule has 0 spiro atoms. The first kappa shape index (κ1) is 17.2. The lowest BCUT2D eigenvalue weighted by Gasteiger charge is -2.07. The maximum absolute atomic E-state index is 12.1. The Morgan fingerprint density at radius 1 is 1.08 bits per heavy atom. The molecule has 0 radical (unpaired) electrons. The van der Waals surface area contributed by atoms with Crippen molar-refractivity contribution < 1.29 is 9.90 Å².